The molecule has 0 amide bonds. The number of hydrogen-bond donors (Lipinski definition) is 3. The molecule has 1 aromatic rings. The molecular formula is C15H23NO2. The topological polar surface area (TPSA) is 52.5 Å². The summed E-state index contributed by atoms with van der Waals surface area (Å²) in [4.78, 5) is 0. The molecule has 3 heteroatoms. The minimum Gasteiger partial charge on any atom is -0.508 e. The van der Waals surface area contributed by atoms with Crippen LogP contribution in [0.2, 0.25) is 0 Å². The molecule has 0 aromatic heterocycles. The molecule has 1 aliphatic rings. The highest BCUT2D eigenvalue weighted by Gasteiger charge is 2.16. The molecule has 1 unspecified atom stereocenters. The Morgan fingerprint density at radius 3 is 2.61 bits per heavy atom. The van der Waals surface area contributed by atoms with Crippen LogP contribution in [0.1, 0.15) is 50.6 Å². The van der Waals surface area contributed by atoms with Crippen LogP contribution in [0.5, 0.6) is 11.5 Å². The first kappa shape index (κ1) is 13.2. The van der Waals surface area contributed by atoms with Crippen molar-refractivity contribution in [2.24, 2.45) is 5.92 Å². The molecule has 0 heterocycles. The number of phenolic OH excluding ortho intramolecular Hbond substituents is 2. The van der Waals surface area contributed by atoms with Gasteiger partial charge in [0.25, 0.3) is 0 Å². The van der Waals surface area contributed by atoms with E-state index in [1.54, 1.807) is 12.1 Å². The summed E-state index contributed by atoms with van der Waals surface area (Å²) < 4.78 is 0. The molecule has 0 radical (unpaired) electrons. The van der Waals surface area contributed by atoms with Crippen molar-refractivity contribution in [3.63, 3.8) is 0 Å². The molecule has 0 aliphatic heterocycles. The predicted octanol–water partition coefficient (Wildman–Crippen LogP) is 3.33. The van der Waals surface area contributed by atoms with Gasteiger partial charge in [-0.05, 0) is 38.3 Å². The predicted molar refractivity (Wildman–Crippen MR) is 72.8 cm³/mol. The molecule has 1 fully saturated rings. The molecule has 18 heavy (non-hydrogen) atoms. The second-order valence-electron chi connectivity index (χ2n) is 5.38. The molecular weight excluding hydrogens is 226 g/mol. The second kappa shape index (κ2) is 6.10. The maximum Gasteiger partial charge on any atom is 0.124 e. The van der Waals surface area contributed by atoms with Gasteiger partial charge in [0, 0.05) is 17.7 Å². The zero-order valence-corrected chi connectivity index (χ0v) is 11.0. The van der Waals surface area contributed by atoms with Crippen LogP contribution < -0.4 is 5.32 Å². The largest absolute Gasteiger partial charge is 0.508 e. The van der Waals surface area contributed by atoms with Crippen LogP contribution in [0.25, 0.3) is 0 Å². The van der Waals surface area contributed by atoms with Crippen LogP contribution in [-0.4, -0.2) is 16.8 Å². The minimum atomic E-state index is 0.107. The Labute approximate surface area is 109 Å². The number of hydrogen-bond acceptors (Lipinski definition) is 3. The summed E-state index contributed by atoms with van der Waals surface area (Å²) in [6, 6.07) is 4.91. The minimum absolute atomic E-state index is 0.107. The quantitative estimate of drug-likeness (QED) is 0.767. The average Bonchev–Trinajstić information content (AvgIpc) is 2.37. The highest BCUT2D eigenvalue weighted by molar-refractivity contribution is 5.40. The van der Waals surface area contributed by atoms with Gasteiger partial charge in [0.1, 0.15) is 11.5 Å². The molecule has 3 N–H and O–H groups in total. The fourth-order valence-electron chi connectivity index (χ4n) is 2.74. The van der Waals surface area contributed by atoms with Gasteiger partial charge < -0.3 is 15.5 Å². The number of rotatable bonds is 4. The van der Waals surface area contributed by atoms with Crippen LogP contribution in [0.15, 0.2) is 18.2 Å². The lowest BCUT2D eigenvalue weighted by molar-refractivity contribution is 0.329. The molecule has 1 aromatic carbocycles. The monoisotopic (exact) mass is 249 g/mol. The van der Waals surface area contributed by atoms with Gasteiger partial charge in [0.2, 0.25) is 0 Å². The molecule has 100 valence electrons. The molecule has 1 saturated carbocycles. The first-order chi connectivity index (χ1) is 8.66. The zero-order valence-electron chi connectivity index (χ0n) is 11.0. The van der Waals surface area contributed by atoms with Crippen molar-refractivity contribution in [3.8, 4) is 11.5 Å². The maximum absolute atomic E-state index is 9.80. The van der Waals surface area contributed by atoms with E-state index in [4.69, 9.17) is 0 Å². The summed E-state index contributed by atoms with van der Waals surface area (Å²) >= 11 is 0. The summed E-state index contributed by atoms with van der Waals surface area (Å²) in [7, 11) is 0. The summed E-state index contributed by atoms with van der Waals surface area (Å²) in [5.41, 5.74) is 0.851. The smallest absolute Gasteiger partial charge is 0.124 e. The van der Waals surface area contributed by atoms with E-state index in [0.29, 0.717) is 0 Å². The normalized spacial score (nSPS) is 18.7. The first-order valence-corrected chi connectivity index (χ1v) is 6.92. The lowest BCUT2D eigenvalue weighted by Gasteiger charge is -2.24. The van der Waals surface area contributed by atoms with Crippen LogP contribution >= 0.6 is 0 Å². The number of phenols is 2. The van der Waals surface area contributed by atoms with Gasteiger partial charge >= 0.3 is 0 Å². The number of aromatic hydroxyl groups is 2. The Hall–Kier alpha value is -1.22. The summed E-state index contributed by atoms with van der Waals surface area (Å²) in [5.74, 6) is 1.05. The lowest BCUT2D eigenvalue weighted by atomic mass is 9.89. The van der Waals surface area contributed by atoms with E-state index in [0.717, 1.165) is 18.0 Å². The van der Waals surface area contributed by atoms with Crippen LogP contribution in [0.4, 0.5) is 0 Å². The van der Waals surface area contributed by atoms with Crippen LogP contribution in [0.3, 0.4) is 0 Å². The third-order valence-corrected chi connectivity index (χ3v) is 3.92. The van der Waals surface area contributed by atoms with E-state index in [1.807, 2.05) is 0 Å². The van der Waals surface area contributed by atoms with Gasteiger partial charge in [0.15, 0.2) is 0 Å². The standard InChI is InChI=1S/C15H23NO2/c1-11(14-8-7-13(17)9-15(14)18)16-10-12-5-3-2-4-6-12/h7-9,11-12,16-18H,2-6,10H2,1H3. The maximum atomic E-state index is 9.80. The van der Waals surface area contributed by atoms with Gasteiger partial charge in [-0.25, -0.2) is 0 Å². The number of nitrogens with one attached hydrogen (secondary N) is 1. The van der Waals surface area contributed by atoms with Crippen LogP contribution in [-0.2, 0) is 0 Å². The van der Waals surface area contributed by atoms with E-state index < -0.39 is 0 Å². The van der Waals surface area contributed by atoms with Crippen LogP contribution in [0, 0.1) is 5.92 Å². The Morgan fingerprint density at radius 1 is 1.22 bits per heavy atom. The Kier molecular flexibility index (Phi) is 4.48. The fourth-order valence-corrected chi connectivity index (χ4v) is 2.74. The van der Waals surface area contributed by atoms with E-state index in [2.05, 4.69) is 12.2 Å². The van der Waals surface area contributed by atoms with Crippen molar-refractivity contribution in [2.45, 2.75) is 45.1 Å². The lowest BCUT2D eigenvalue weighted by Crippen LogP contribution is -2.27. The average molecular weight is 249 g/mol. The third kappa shape index (κ3) is 3.39. The van der Waals surface area contributed by atoms with E-state index in [9.17, 15) is 10.2 Å². The van der Waals surface area contributed by atoms with Crippen molar-refractivity contribution in [1.29, 1.82) is 0 Å². The SMILES string of the molecule is CC(NCC1CCCCC1)c1ccc(O)cc1O. The third-order valence-electron chi connectivity index (χ3n) is 3.92. The molecule has 0 spiro atoms. The van der Waals surface area contributed by atoms with E-state index in [1.165, 1.54) is 38.2 Å². The Morgan fingerprint density at radius 2 is 1.94 bits per heavy atom. The summed E-state index contributed by atoms with van der Waals surface area (Å²) in [6.45, 7) is 3.07. The van der Waals surface area contributed by atoms with Crippen molar-refractivity contribution in [1.82, 2.24) is 5.32 Å². The van der Waals surface area contributed by atoms with Crippen molar-refractivity contribution in [2.75, 3.05) is 6.54 Å². The summed E-state index contributed by atoms with van der Waals surface area (Å²) in [5, 5.41) is 22.6. The van der Waals surface area contributed by atoms with E-state index in [-0.39, 0.29) is 17.5 Å². The molecule has 1 atom stereocenters. The van der Waals surface area contributed by atoms with Gasteiger partial charge in [-0.3, -0.25) is 0 Å². The second-order valence-corrected chi connectivity index (χ2v) is 5.38. The van der Waals surface area contributed by atoms with E-state index >= 15 is 0 Å². The molecule has 0 saturated heterocycles. The Bertz CT molecular complexity index is 386. The molecule has 0 bridgehead atoms. The highest BCUT2D eigenvalue weighted by Crippen LogP contribution is 2.28. The van der Waals surface area contributed by atoms with Gasteiger partial charge in [-0.15, -0.1) is 0 Å². The zero-order chi connectivity index (χ0) is 13.0. The van der Waals surface area contributed by atoms with Crippen molar-refractivity contribution >= 4 is 0 Å². The summed E-state index contributed by atoms with van der Waals surface area (Å²) in [6.07, 6.45) is 6.73. The molecule has 3 nitrogen and oxygen atoms in total. The fraction of sp³-hybridized carbons (Fsp3) is 0.600. The highest BCUT2D eigenvalue weighted by atomic mass is 16.3. The molecule has 2 rings (SSSR count). The Balaban J connectivity index is 1.88. The van der Waals surface area contributed by atoms with Gasteiger partial charge in [-0.2, -0.15) is 0 Å². The van der Waals surface area contributed by atoms with Crippen molar-refractivity contribution < 1.29 is 10.2 Å². The van der Waals surface area contributed by atoms with Crippen molar-refractivity contribution in [3.05, 3.63) is 23.8 Å². The number of benzene rings is 1. The first-order valence-electron chi connectivity index (χ1n) is 6.92. The van der Waals surface area contributed by atoms with Gasteiger partial charge in [-0.1, -0.05) is 25.3 Å². The molecule has 1 aliphatic carbocycles. The van der Waals surface area contributed by atoms with Gasteiger partial charge in [0.05, 0.1) is 0 Å².